The van der Waals surface area contributed by atoms with E-state index < -0.39 is 24.0 Å². The van der Waals surface area contributed by atoms with Crippen molar-refractivity contribution in [3.8, 4) is 0 Å². The maximum atomic E-state index is 11.6. The van der Waals surface area contributed by atoms with Gasteiger partial charge in [-0.3, -0.25) is 9.89 Å². The molecule has 1 aromatic heterocycles. The average Bonchev–Trinajstić information content (AvgIpc) is 2.75. The van der Waals surface area contributed by atoms with Crippen LogP contribution in [0.5, 0.6) is 0 Å². The van der Waals surface area contributed by atoms with Gasteiger partial charge in [0.05, 0.1) is 6.54 Å². The van der Waals surface area contributed by atoms with Gasteiger partial charge in [0.2, 0.25) is 5.82 Å². The molecule has 0 aliphatic rings. The summed E-state index contributed by atoms with van der Waals surface area (Å²) in [7, 11) is 0. The minimum Gasteiger partial charge on any atom is -0.479 e. The fraction of sp³-hybridized carbons (Fsp3) is 0.600. The lowest BCUT2D eigenvalue weighted by molar-refractivity contribution is -0.155. The molecule has 0 bridgehead atoms. The van der Waals surface area contributed by atoms with Gasteiger partial charge in [0.1, 0.15) is 5.82 Å². The van der Waals surface area contributed by atoms with Crippen LogP contribution in [0, 0.1) is 0 Å². The number of amides is 1. The molecular weight excluding hydrogens is 240 g/mol. The second-order valence-electron chi connectivity index (χ2n) is 4.46. The quantitative estimate of drug-likeness (QED) is 0.562. The smallest absolute Gasteiger partial charge is 0.337 e. The van der Waals surface area contributed by atoms with Crippen LogP contribution < -0.4 is 5.32 Å². The normalized spacial score (nSPS) is 14.3. The molecule has 1 aromatic rings. The zero-order chi connectivity index (χ0) is 13.9. The molecule has 1 atom stereocenters. The van der Waals surface area contributed by atoms with Crippen LogP contribution in [0.2, 0.25) is 0 Å². The third-order valence-corrected chi connectivity index (χ3v) is 2.31. The zero-order valence-corrected chi connectivity index (χ0v) is 10.4. The standard InChI is InChI=1S/C10H16N4O4/c1-5(2)6-12-7(14-13-6)8(15)11-4-10(3,18)9(16)17/h5,18H,4H2,1-3H3,(H,11,15)(H,16,17)(H,12,13,14). The number of carbonyl (C=O) groups is 2. The van der Waals surface area contributed by atoms with Crippen molar-refractivity contribution >= 4 is 11.9 Å². The van der Waals surface area contributed by atoms with E-state index in [2.05, 4.69) is 20.5 Å². The van der Waals surface area contributed by atoms with Crippen LogP contribution in [0.25, 0.3) is 0 Å². The summed E-state index contributed by atoms with van der Waals surface area (Å²) >= 11 is 0. The molecule has 1 amide bonds. The Morgan fingerprint density at radius 3 is 2.56 bits per heavy atom. The summed E-state index contributed by atoms with van der Waals surface area (Å²) < 4.78 is 0. The lowest BCUT2D eigenvalue weighted by Crippen LogP contribution is -2.46. The second kappa shape index (κ2) is 5.13. The van der Waals surface area contributed by atoms with E-state index in [9.17, 15) is 14.7 Å². The molecule has 100 valence electrons. The van der Waals surface area contributed by atoms with E-state index in [0.29, 0.717) is 5.82 Å². The highest BCUT2D eigenvalue weighted by Crippen LogP contribution is 2.07. The summed E-state index contributed by atoms with van der Waals surface area (Å²) in [6, 6.07) is 0. The number of H-pyrrole nitrogens is 1. The van der Waals surface area contributed by atoms with Crippen molar-refractivity contribution in [1.82, 2.24) is 20.5 Å². The Bertz CT molecular complexity index is 452. The molecule has 0 aliphatic heterocycles. The first-order valence-electron chi connectivity index (χ1n) is 5.40. The number of rotatable bonds is 5. The Hall–Kier alpha value is -1.96. The van der Waals surface area contributed by atoms with Crippen LogP contribution in [0.3, 0.4) is 0 Å². The molecule has 0 aromatic carbocycles. The van der Waals surface area contributed by atoms with E-state index >= 15 is 0 Å². The van der Waals surface area contributed by atoms with Gasteiger partial charge < -0.3 is 15.5 Å². The Labute approximate surface area is 103 Å². The van der Waals surface area contributed by atoms with Crippen molar-refractivity contribution in [3.63, 3.8) is 0 Å². The van der Waals surface area contributed by atoms with Gasteiger partial charge in [-0.05, 0) is 6.92 Å². The van der Waals surface area contributed by atoms with Crippen molar-refractivity contribution in [2.24, 2.45) is 0 Å². The largest absolute Gasteiger partial charge is 0.479 e. The third kappa shape index (κ3) is 3.27. The summed E-state index contributed by atoms with van der Waals surface area (Å²) in [6.07, 6.45) is 0. The summed E-state index contributed by atoms with van der Waals surface area (Å²) in [6.45, 7) is 4.44. The molecule has 8 heteroatoms. The molecule has 0 saturated heterocycles. The number of hydrogen-bond acceptors (Lipinski definition) is 5. The van der Waals surface area contributed by atoms with Crippen LogP contribution in [0.4, 0.5) is 0 Å². The van der Waals surface area contributed by atoms with Gasteiger partial charge in [-0.1, -0.05) is 13.8 Å². The molecule has 8 nitrogen and oxygen atoms in total. The predicted octanol–water partition coefficient (Wildman–Crippen LogP) is -0.506. The van der Waals surface area contributed by atoms with Crippen LogP contribution in [-0.2, 0) is 4.79 Å². The molecule has 18 heavy (non-hydrogen) atoms. The predicted molar refractivity (Wildman–Crippen MR) is 61.1 cm³/mol. The van der Waals surface area contributed by atoms with Crippen molar-refractivity contribution in [1.29, 1.82) is 0 Å². The van der Waals surface area contributed by atoms with Gasteiger partial charge >= 0.3 is 5.97 Å². The maximum absolute atomic E-state index is 11.6. The lowest BCUT2D eigenvalue weighted by Gasteiger charge is -2.17. The molecule has 0 saturated carbocycles. The van der Waals surface area contributed by atoms with E-state index in [1.807, 2.05) is 13.8 Å². The minimum absolute atomic E-state index is 0.0834. The highest BCUT2D eigenvalue weighted by molar-refractivity contribution is 5.91. The van der Waals surface area contributed by atoms with E-state index in [1.165, 1.54) is 0 Å². The molecule has 0 aliphatic carbocycles. The molecule has 1 rings (SSSR count). The Balaban J connectivity index is 2.63. The summed E-state index contributed by atoms with van der Waals surface area (Å²) in [5.74, 6) is -1.48. The number of aliphatic carboxylic acids is 1. The molecule has 0 spiro atoms. The molecular formula is C10H16N4O4. The van der Waals surface area contributed by atoms with E-state index in [1.54, 1.807) is 0 Å². The van der Waals surface area contributed by atoms with Gasteiger partial charge in [-0.25, -0.2) is 9.78 Å². The number of carboxylic acid groups (broad SMARTS) is 1. The fourth-order valence-electron chi connectivity index (χ4n) is 1.04. The lowest BCUT2D eigenvalue weighted by atomic mass is 10.1. The molecule has 1 unspecified atom stereocenters. The maximum Gasteiger partial charge on any atom is 0.337 e. The van der Waals surface area contributed by atoms with Gasteiger partial charge in [0.25, 0.3) is 5.91 Å². The number of hydrogen-bond donors (Lipinski definition) is 4. The Morgan fingerprint density at radius 1 is 1.50 bits per heavy atom. The highest BCUT2D eigenvalue weighted by atomic mass is 16.4. The summed E-state index contributed by atoms with van der Waals surface area (Å²) in [5.41, 5.74) is -2.02. The monoisotopic (exact) mass is 256 g/mol. The first kappa shape index (κ1) is 14.1. The first-order valence-corrected chi connectivity index (χ1v) is 5.40. The van der Waals surface area contributed by atoms with Crippen molar-refractivity contribution in [3.05, 3.63) is 11.6 Å². The van der Waals surface area contributed by atoms with Gasteiger partial charge in [-0.2, -0.15) is 0 Å². The van der Waals surface area contributed by atoms with Crippen LogP contribution >= 0.6 is 0 Å². The van der Waals surface area contributed by atoms with Crippen molar-refractivity contribution in [2.75, 3.05) is 6.54 Å². The number of aromatic nitrogens is 3. The third-order valence-electron chi connectivity index (χ3n) is 2.31. The first-order chi connectivity index (χ1) is 8.24. The number of aromatic amines is 1. The number of nitrogens with one attached hydrogen (secondary N) is 2. The van der Waals surface area contributed by atoms with Crippen molar-refractivity contribution < 1.29 is 19.8 Å². The summed E-state index contributed by atoms with van der Waals surface area (Å²) in [5, 5.41) is 26.6. The van der Waals surface area contributed by atoms with Gasteiger partial charge in [0, 0.05) is 5.92 Å². The number of aliphatic hydroxyl groups is 1. The minimum atomic E-state index is -2.02. The Kier molecular flexibility index (Phi) is 4.02. The molecule has 4 N–H and O–H groups in total. The second-order valence-corrected chi connectivity index (χ2v) is 4.46. The zero-order valence-electron chi connectivity index (χ0n) is 10.4. The van der Waals surface area contributed by atoms with E-state index in [-0.39, 0.29) is 11.7 Å². The molecule has 0 radical (unpaired) electrons. The van der Waals surface area contributed by atoms with E-state index in [4.69, 9.17) is 5.11 Å². The number of carboxylic acids is 1. The van der Waals surface area contributed by atoms with Crippen LogP contribution in [0.15, 0.2) is 0 Å². The van der Waals surface area contributed by atoms with Crippen molar-refractivity contribution in [2.45, 2.75) is 32.3 Å². The average molecular weight is 256 g/mol. The SMILES string of the molecule is CC(C)c1nc(C(=O)NCC(C)(O)C(=O)O)n[nH]1. The van der Waals surface area contributed by atoms with Crippen LogP contribution in [0.1, 0.15) is 43.1 Å². The topological polar surface area (TPSA) is 128 Å². The number of nitrogens with zero attached hydrogens (tertiary/aromatic N) is 2. The summed E-state index contributed by atoms with van der Waals surface area (Å²) in [4.78, 5) is 26.2. The molecule has 1 heterocycles. The van der Waals surface area contributed by atoms with Crippen LogP contribution in [-0.4, -0.2) is 49.4 Å². The fourth-order valence-corrected chi connectivity index (χ4v) is 1.04. The number of carbonyl (C=O) groups excluding carboxylic acids is 1. The molecule has 0 fully saturated rings. The van der Waals surface area contributed by atoms with Gasteiger partial charge in [-0.15, -0.1) is 5.10 Å². The van der Waals surface area contributed by atoms with Gasteiger partial charge in [0.15, 0.2) is 5.60 Å². The van der Waals surface area contributed by atoms with E-state index in [0.717, 1.165) is 6.92 Å². The highest BCUT2D eigenvalue weighted by Gasteiger charge is 2.30. The Morgan fingerprint density at radius 2 is 2.11 bits per heavy atom.